The van der Waals surface area contributed by atoms with Crippen LogP contribution in [0.4, 0.5) is 24.5 Å². The van der Waals surface area contributed by atoms with Crippen molar-refractivity contribution < 1.29 is 22.7 Å². The van der Waals surface area contributed by atoms with Gasteiger partial charge in [0.05, 0.1) is 30.3 Å². The maximum absolute atomic E-state index is 13.6. The van der Waals surface area contributed by atoms with Crippen molar-refractivity contribution in [1.29, 1.82) is 0 Å². The molecule has 4 nitrogen and oxygen atoms in total. The minimum absolute atomic E-state index is 0.0000517. The van der Waals surface area contributed by atoms with E-state index >= 15 is 0 Å². The number of hydrogen-bond donors (Lipinski definition) is 1. The molecule has 0 amide bonds. The molecule has 1 aromatic carbocycles. The van der Waals surface area contributed by atoms with Crippen molar-refractivity contribution in [3.05, 3.63) is 23.8 Å². The summed E-state index contributed by atoms with van der Waals surface area (Å²) >= 11 is 0. The highest BCUT2D eigenvalue weighted by molar-refractivity contribution is 5.72. The second-order valence-electron chi connectivity index (χ2n) is 8.26. The van der Waals surface area contributed by atoms with Crippen molar-refractivity contribution in [2.24, 2.45) is 5.92 Å². The lowest BCUT2D eigenvalue weighted by molar-refractivity contribution is -0.166. The second kappa shape index (κ2) is 10.2. The van der Waals surface area contributed by atoms with Gasteiger partial charge in [-0.05, 0) is 43.4 Å². The number of benzene rings is 1. The summed E-state index contributed by atoms with van der Waals surface area (Å²) in [6.45, 7) is 6.68. The van der Waals surface area contributed by atoms with Crippen molar-refractivity contribution >= 4 is 17.3 Å². The van der Waals surface area contributed by atoms with Crippen LogP contribution in [0.25, 0.3) is 0 Å². The summed E-state index contributed by atoms with van der Waals surface area (Å²) in [4.78, 5) is 14.0. The summed E-state index contributed by atoms with van der Waals surface area (Å²) in [6, 6.07) is 4.88. The molecular weight excluding hydrogens is 381 g/mol. The molecule has 0 aromatic heterocycles. The highest BCUT2D eigenvalue weighted by atomic mass is 19.4. The molecule has 0 aliphatic heterocycles. The molecule has 1 aliphatic carbocycles. The van der Waals surface area contributed by atoms with Gasteiger partial charge in [-0.15, -0.1) is 0 Å². The van der Waals surface area contributed by atoms with Crippen molar-refractivity contribution in [2.75, 3.05) is 23.8 Å². The van der Waals surface area contributed by atoms with Gasteiger partial charge in [-0.25, -0.2) is 0 Å². The Morgan fingerprint density at radius 2 is 1.90 bits per heavy atom. The molecule has 2 rings (SSSR count). The number of halogens is 3. The van der Waals surface area contributed by atoms with Crippen LogP contribution in [0.2, 0.25) is 0 Å². The van der Waals surface area contributed by atoms with Gasteiger partial charge in [0.15, 0.2) is 0 Å². The highest BCUT2D eigenvalue weighted by Gasteiger charge is 2.42. The van der Waals surface area contributed by atoms with Gasteiger partial charge >= 0.3 is 12.1 Å². The van der Waals surface area contributed by atoms with Gasteiger partial charge in [-0.3, -0.25) is 4.79 Å². The van der Waals surface area contributed by atoms with Gasteiger partial charge in [0, 0.05) is 12.6 Å². The summed E-state index contributed by atoms with van der Waals surface area (Å²) in [5.74, 6) is -2.38. The smallest absolute Gasteiger partial charge is 0.396 e. The van der Waals surface area contributed by atoms with E-state index in [0.29, 0.717) is 17.6 Å². The number of carbonyl (C=O) groups is 1. The number of ether oxygens (including phenoxy) is 1. The summed E-state index contributed by atoms with van der Waals surface area (Å²) in [6.07, 6.45) is 0.390. The minimum atomic E-state index is -4.55. The van der Waals surface area contributed by atoms with Crippen LogP contribution >= 0.6 is 0 Å². The van der Waals surface area contributed by atoms with Crippen molar-refractivity contribution in [1.82, 2.24) is 0 Å². The highest BCUT2D eigenvalue weighted by Crippen LogP contribution is 2.40. The molecule has 1 unspecified atom stereocenters. The molecule has 0 radical (unpaired) electrons. The first-order valence-electron chi connectivity index (χ1n) is 10.5. The minimum Gasteiger partial charge on any atom is -0.466 e. The summed E-state index contributed by atoms with van der Waals surface area (Å²) in [5, 5.41) is 0. The van der Waals surface area contributed by atoms with Crippen molar-refractivity contribution in [3.63, 3.8) is 0 Å². The fraction of sp³-hybridized carbons (Fsp3) is 0.682. The predicted octanol–water partition coefficient (Wildman–Crippen LogP) is 5.66. The fourth-order valence-corrected chi connectivity index (χ4v) is 4.09. The monoisotopic (exact) mass is 414 g/mol. The average molecular weight is 415 g/mol. The normalized spacial score (nSPS) is 16.7. The molecule has 0 spiro atoms. The molecule has 1 aliphatic rings. The number of nitrogens with zero attached hydrogens (tertiary/aromatic N) is 1. The van der Waals surface area contributed by atoms with Gasteiger partial charge < -0.3 is 15.4 Å². The first kappa shape index (κ1) is 23.4. The lowest BCUT2D eigenvalue weighted by atomic mass is 9.91. The number of rotatable bonds is 8. The number of anilines is 2. The molecular formula is C22H33F3N2O2. The Kier molecular flexibility index (Phi) is 8.23. The molecule has 164 valence electrons. The molecule has 0 saturated heterocycles. The Bertz CT molecular complexity index is 671. The Labute approximate surface area is 171 Å². The molecule has 1 saturated carbocycles. The van der Waals surface area contributed by atoms with Gasteiger partial charge in [-0.1, -0.05) is 39.2 Å². The van der Waals surface area contributed by atoms with Crippen LogP contribution in [0.5, 0.6) is 0 Å². The number of esters is 1. The number of hydrogen-bond acceptors (Lipinski definition) is 4. The average Bonchev–Trinajstić information content (AvgIpc) is 2.64. The number of nitrogen functional groups attached to an aromatic ring is 1. The fourth-order valence-electron chi connectivity index (χ4n) is 4.09. The van der Waals surface area contributed by atoms with E-state index in [4.69, 9.17) is 10.5 Å². The zero-order valence-electron chi connectivity index (χ0n) is 17.6. The second-order valence-corrected chi connectivity index (χ2v) is 8.26. The van der Waals surface area contributed by atoms with E-state index in [2.05, 4.69) is 18.7 Å². The molecule has 1 aromatic rings. The third-order valence-electron chi connectivity index (χ3n) is 5.41. The Hall–Kier alpha value is -1.92. The van der Waals surface area contributed by atoms with Crippen LogP contribution in [0.1, 0.15) is 70.8 Å². The lowest BCUT2D eigenvalue weighted by Crippen LogP contribution is -2.39. The standard InChI is InChI=1S/C22H33F3N2O2/c1-4-29-21(28)13-18(22(23,24)25)16-10-11-20(19(26)12-16)27(14-15(2)3)17-8-6-5-7-9-17/h10-12,15,17-18H,4-9,13-14,26H2,1-3H3. The van der Waals surface area contributed by atoms with Crippen LogP contribution in [0, 0.1) is 5.92 Å². The van der Waals surface area contributed by atoms with E-state index in [9.17, 15) is 18.0 Å². The molecule has 29 heavy (non-hydrogen) atoms. The third-order valence-corrected chi connectivity index (χ3v) is 5.41. The number of alkyl halides is 3. The van der Waals surface area contributed by atoms with Gasteiger partial charge in [0.25, 0.3) is 0 Å². The van der Waals surface area contributed by atoms with Crippen molar-refractivity contribution in [2.45, 2.75) is 77.4 Å². The van der Waals surface area contributed by atoms with Crippen LogP contribution in [0.15, 0.2) is 18.2 Å². The van der Waals surface area contributed by atoms with E-state index in [1.54, 1.807) is 13.0 Å². The van der Waals surface area contributed by atoms with Crippen LogP contribution < -0.4 is 10.6 Å². The predicted molar refractivity (Wildman–Crippen MR) is 110 cm³/mol. The molecule has 7 heteroatoms. The summed E-state index contributed by atoms with van der Waals surface area (Å²) < 4.78 is 45.5. The largest absolute Gasteiger partial charge is 0.466 e. The van der Waals surface area contributed by atoms with Gasteiger partial charge in [-0.2, -0.15) is 13.2 Å². The molecule has 1 atom stereocenters. The van der Waals surface area contributed by atoms with E-state index in [0.717, 1.165) is 37.9 Å². The molecule has 2 N–H and O–H groups in total. The van der Waals surface area contributed by atoms with Crippen LogP contribution in [0.3, 0.4) is 0 Å². The van der Waals surface area contributed by atoms with Crippen LogP contribution in [-0.2, 0) is 9.53 Å². The number of carbonyl (C=O) groups excluding carboxylic acids is 1. The molecule has 0 heterocycles. The SMILES string of the molecule is CCOC(=O)CC(c1ccc(N(CC(C)C)C2CCCCC2)c(N)c1)C(F)(F)F. The van der Waals surface area contributed by atoms with E-state index in [1.807, 2.05) is 0 Å². The zero-order valence-corrected chi connectivity index (χ0v) is 17.6. The Balaban J connectivity index is 2.32. The summed E-state index contributed by atoms with van der Waals surface area (Å²) in [5.41, 5.74) is 7.36. The zero-order chi connectivity index (χ0) is 21.6. The maximum Gasteiger partial charge on any atom is 0.396 e. The lowest BCUT2D eigenvalue weighted by Gasteiger charge is -2.38. The van der Waals surface area contributed by atoms with Gasteiger partial charge in [0.2, 0.25) is 0 Å². The number of nitrogens with two attached hydrogens (primary N) is 1. The van der Waals surface area contributed by atoms with E-state index < -0.39 is 24.5 Å². The Morgan fingerprint density at radius 1 is 1.24 bits per heavy atom. The first-order valence-corrected chi connectivity index (χ1v) is 10.5. The first-order chi connectivity index (χ1) is 13.6. The summed E-state index contributed by atoms with van der Waals surface area (Å²) in [7, 11) is 0. The quantitative estimate of drug-likeness (QED) is 0.440. The van der Waals surface area contributed by atoms with Gasteiger partial charge in [0.1, 0.15) is 0 Å². The van der Waals surface area contributed by atoms with E-state index in [-0.39, 0.29) is 12.2 Å². The van der Waals surface area contributed by atoms with Crippen LogP contribution in [-0.4, -0.2) is 31.3 Å². The maximum atomic E-state index is 13.6. The molecule has 0 bridgehead atoms. The third kappa shape index (κ3) is 6.54. The van der Waals surface area contributed by atoms with Crippen molar-refractivity contribution in [3.8, 4) is 0 Å². The molecule has 1 fully saturated rings. The topological polar surface area (TPSA) is 55.6 Å². The van der Waals surface area contributed by atoms with E-state index in [1.165, 1.54) is 18.6 Å². The Morgan fingerprint density at radius 3 is 2.41 bits per heavy atom.